The Morgan fingerprint density at radius 3 is 2.71 bits per heavy atom. The summed E-state index contributed by atoms with van der Waals surface area (Å²) in [5, 5.41) is 19.7. The van der Waals surface area contributed by atoms with Crippen molar-refractivity contribution in [2.45, 2.75) is 25.5 Å². The number of morpholine rings is 1. The van der Waals surface area contributed by atoms with Crippen LogP contribution in [-0.2, 0) is 16.0 Å². The molecule has 1 heterocycles. The van der Waals surface area contributed by atoms with Gasteiger partial charge in [-0.15, -0.1) is 0 Å². The number of rotatable bonds is 4. The van der Waals surface area contributed by atoms with Gasteiger partial charge in [0, 0.05) is 18.7 Å². The van der Waals surface area contributed by atoms with Crippen LogP contribution in [0, 0.1) is 10.1 Å². The molecule has 2 unspecified atom stereocenters. The van der Waals surface area contributed by atoms with E-state index in [1.54, 1.807) is 17.0 Å². The molecule has 21 heavy (non-hydrogen) atoms. The number of hydrogen-bond donors (Lipinski definition) is 1. The van der Waals surface area contributed by atoms with Gasteiger partial charge >= 0.3 is 0 Å². The monoisotopic (exact) mass is 294 g/mol. The third-order valence-electron chi connectivity index (χ3n) is 3.53. The largest absolute Gasteiger partial charge is 0.394 e. The van der Waals surface area contributed by atoms with Crippen molar-refractivity contribution in [2.24, 2.45) is 0 Å². The van der Waals surface area contributed by atoms with Gasteiger partial charge in [0.1, 0.15) is 0 Å². The summed E-state index contributed by atoms with van der Waals surface area (Å²) < 4.78 is 5.39. The lowest BCUT2D eigenvalue weighted by molar-refractivity contribution is -0.384. The van der Waals surface area contributed by atoms with Crippen molar-refractivity contribution in [1.29, 1.82) is 0 Å². The third kappa shape index (κ3) is 3.77. The molecule has 1 aliphatic heterocycles. The molecule has 2 rings (SSSR count). The molecular weight excluding hydrogens is 276 g/mol. The van der Waals surface area contributed by atoms with Gasteiger partial charge in [0.25, 0.3) is 5.69 Å². The molecule has 0 saturated carbocycles. The molecule has 1 aromatic rings. The first kappa shape index (κ1) is 15.4. The molecule has 0 aromatic heterocycles. The van der Waals surface area contributed by atoms with E-state index in [4.69, 9.17) is 9.84 Å². The zero-order valence-electron chi connectivity index (χ0n) is 11.8. The zero-order valence-corrected chi connectivity index (χ0v) is 11.8. The number of non-ortho nitro benzene ring substituents is 1. The maximum Gasteiger partial charge on any atom is 0.269 e. The molecular formula is C14H18N2O5. The predicted octanol–water partition coefficient (Wildman–Crippen LogP) is 0.745. The number of nitro benzene ring substituents is 1. The van der Waals surface area contributed by atoms with Gasteiger partial charge in [-0.2, -0.15) is 0 Å². The van der Waals surface area contributed by atoms with Crippen molar-refractivity contribution >= 4 is 11.6 Å². The van der Waals surface area contributed by atoms with Crippen LogP contribution < -0.4 is 0 Å². The van der Waals surface area contributed by atoms with E-state index in [0.29, 0.717) is 13.2 Å². The van der Waals surface area contributed by atoms with Gasteiger partial charge in [0.05, 0.1) is 36.7 Å². The molecule has 1 amide bonds. The van der Waals surface area contributed by atoms with Crippen LogP contribution in [0.15, 0.2) is 24.3 Å². The maximum atomic E-state index is 12.3. The molecule has 0 spiro atoms. The lowest BCUT2D eigenvalue weighted by Crippen LogP contribution is -2.52. The average Bonchev–Trinajstić information content (AvgIpc) is 2.48. The number of aliphatic hydroxyl groups excluding tert-OH is 1. The van der Waals surface area contributed by atoms with E-state index >= 15 is 0 Å². The molecule has 7 heteroatoms. The number of nitrogens with zero attached hydrogens (tertiary/aromatic N) is 2. The van der Waals surface area contributed by atoms with Gasteiger partial charge in [-0.25, -0.2) is 0 Å². The van der Waals surface area contributed by atoms with E-state index in [1.807, 2.05) is 6.92 Å². The van der Waals surface area contributed by atoms with Crippen LogP contribution in [-0.4, -0.2) is 52.7 Å². The van der Waals surface area contributed by atoms with E-state index in [2.05, 4.69) is 0 Å². The van der Waals surface area contributed by atoms with Gasteiger partial charge in [0.2, 0.25) is 5.91 Å². The molecule has 1 aliphatic rings. The van der Waals surface area contributed by atoms with Crippen LogP contribution in [0.1, 0.15) is 12.5 Å². The van der Waals surface area contributed by atoms with Crippen LogP contribution >= 0.6 is 0 Å². The lowest BCUT2D eigenvalue weighted by atomic mass is 10.1. The van der Waals surface area contributed by atoms with Gasteiger partial charge in [-0.05, 0) is 12.5 Å². The molecule has 1 fully saturated rings. The minimum atomic E-state index is -0.471. The molecule has 2 atom stereocenters. The number of amides is 1. The molecule has 1 N–H and O–H groups in total. The Balaban J connectivity index is 2.01. The number of nitro groups is 1. The molecule has 0 radical (unpaired) electrons. The van der Waals surface area contributed by atoms with Crippen LogP contribution in [0.3, 0.4) is 0 Å². The van der Waals surface area contributed by atoms with Crippen molar-refractivity contribution in [3.63, 3.8) is 0 Å². The zero-order chi connectivity index (χ0) is 15.4. The van der Waals surface area contributed by atoms with Crippen LogP contribution in [0.4, 0.5) is 5.69 Å². The highest BCUT2D eigenvalue weighted by atomic mass is 16.6. The lowest BCUT2D eigenvalue weighted by Gasteiger charge is -2.37. The summed E-state index contributed by atoms with van der Waals surface area (Å²) >= 11 is 0. The van der Waals surface area contributed by atoms with E-state index < -0.39 is 4.92 Å². The Hall–Kier alpha value is -1.99. The minimum Gasteiger partial charge on any atom is -0.394 e. The van der Waals surface area contributed by atoms with Crippen LogP contribution in [0.25, 0.3) is 0 Å². The highest BCUT2D eigenvalue weighted by Gasteiger charge is 2.29. The number of carbonyl (C=O) groups is 1. The Bertz CT molecular complexity index is 517. The standard InChI is InChI=1S/C14H18N2O5/c1-10-9-21-13(8-17)7-15(10)14(18)6-11-2-4-12(5-3-11)16(19)20/h2-5,10,13,17H,6-9H2,1H3. The SMILES string of the molecule is CC1COC(CO)CN1C(=O)Cc1ccc([N+](=O)[O-])cc1. The second-order valence-electron chi connectivity index (χ2n) is 5.13. The molecule has 7 nitrogen and oxygen atoms in total. The summed E-state index contributed by atoms with van der Waals surface area (Å²) in [5.41, 5.74) is 0.733. The minimum absolute atomic E-state index is 0.00582. The van der Waals surface area contributed by atoms with Crippen molar-refractivity contribution < 1.29 is 19.6 Å². The number of hydrogen-bond acceptors (Lipinski definition) is 5. The van der Waals surface area contributed by atoms with E-state index in [1.165, 1.54) is 12.1 Å². The summed E-state index contributed by atoms with van der Waals surface area (Å²) in [6.07, 6.45) is -0.164. The fourth-order valence-electron chi connectivity index (χ4n) is 2.29. The summed E-state index contributed by atoms with van der Waals surface area (Å²) in [6, 6.07) is 5.91. The number of benzene rings is 1. The first-order valence-electron chi connectivity index (χ1n) is 6.76. The fraction of sp³-hybridized carbons (Fsp3) is 0.500. The Labute approximate surface area is 122 Å². The number of aliphatic hydroxyl groups is 1. The summed E-state index contributed by atoms with van der Waals surface area (Å²) in [4.78, 5) is 24.1. The third-order valence-corrected chi connectivity index (χ3v) is 3.53. The first-order valence-corrected chi connectivity index (χ1v) is 6.76. The van der Waals surface area contributed by atoms with Crippen molar-refractivity contribution in [1.82, 2.24) is 4.90 Å². The van der Waals surface area contributed by atoms with Crippen LogP contribution in [0.2, 0.25) is 0 Å². The van der Waals surface area contributed by atoms with E-state index in [-0.39, 0.29) is 36.8 Å². The molecule has 114 valence electrons. The van der Waals surface area contributed by atoms with Crippen molar-refractivity contribution in [3.8, 4) is 0 Å². The molecule has 0 bridgehead atoms. The smallest absolute Gasteiger partial charge is 0.269 e. The first-order chi connectivity index (χ1) is 10.0. The quantitative estimate of drug-likeness (QED) is 0.653. The summed E-state index contributed by atoms with van der Waals surface area (Å²) in [6.45, 7) is 2.54. The Kier molecular flexibility index (Phi) is 4.87. The second-order valence-corrected chi connectivity index (χ2v) is 5.13. The van der Waals surface area contributed by atoms with Gasteiger partial charge < -0.3 is 14.7 Å². The Morgan fingerprint density at radius 1 is 1.48 bits per heavy atom. The summed E-state index contributed by atoms with van der Waals surface area (Å²) in [7, 11) is 0. The Morgan fingerprint density at radius 2 is 2.14 bits per heavy atom. The topological polar surface area (TPSA) is 92.9 Å². The molecule has 0 aliphatic carbocycles. The van der Waals surface area contributed by atoms with Crippen molar-refractivity contribution in [2.75, 3.05) is 19.8 Å². The number of ether oxygens (including phenoxy) is 1. The molecule has 1 aromatic carbocycles. The summed E-state index contributed by atoms with van der Waals surface area (Å²) in [5.74, 6) is -0.0712. The highest BCUT2D eigenvalue weighted by molar-refractivity contribution is 5.79. The van der Waals surface area contributed by atoms with Crippen molar-refractivity contribution in [3.05, 3.63) is 39.9 Å². The predicted molar refractivity (Wildman–Crippen MR) is 74.8 cm³/mol. The van der Waals surface area contributed by atoms with E-state index in [9.17, 15) is 14.9 Å². The normalized spacial score (nSPS) is 22.1. The van der Waals surface area contributed by atoms with Gasteiger partial charge in [-0.1, -0.05) is 12.1 Å². The van der Waals surface area contributed by atoms with Gasteiger partial charge in [-0.3, -0.25) is 14.9 Å². The maximum absolute atomic E-state index is 12.3. The van der Waals surface area contributed by atoms with E-state index in [0.717, 1.165) is 5.56 Å². The average molecular weight is 294 g/mol. The van der Waals surface area contributed by atoms with Gasteiger partial charge in [0.15, 0.2) is 0 Å². The fourth-order valence-corrected chi connectivity index (χ4v) is 2.29. The van der Waals surface area contributed by atoms with Crippen LogP contribution in [0.5, 0.6) is 0 Å². The molecule has 1 saturated heterocycles. The number of carbonyl (C=O) groups excluding carboxylic acids is 1. The second kappa shape index (κ2) is 6.64. The highest BCUT2D eigenvalue weighted by Crippen LogP contribution is 2.16.